The third kappa shape index (κ3) is 6.82. The number of hydrogen-bond donors (Lipinski definition) is 2. The van der Waals surface area contributed by atoms with Crippen LogP contribution in [0.15, 0.2) is 47.5 Å². The first-order chi connectivity index (χ1) is 14.5. The van der Waals surface area contributed by atoms with Gasteiger partial charge in [0.05, 0.1) is 0 Å². The van der Waals surface area contributed by atoms with E-state index in [2.05, 4.69) is 56.7 Å². The molecule has 6 heteroatoms. The summed E-state index contributed by atoms with van der Waals surface area (Å²) in [5.74, 6) is 0.590. The van der Waals surface area contributed by atoms with Gasteiger partial charge in [0.15, 0.2) is 5.96 Å². The van der Waals surface area contributed by atoms with Gasteiger partial charge in [0.2, 0.25) is 0 Å². The van der Waals surface area contributed by atoms with Gasteiger partial charge >= 0.3 is 0 Å². The second kappa shape index (κ2) is 11.1. The molecule has 1 aliphatic heterocycles. The lowest BCUT2D eigenvalue weighted by molar-refractivity contribution is 0.148. The molecule has 0 spiro atoms. The summed E-state index contributed by atoms with van der Waals surface area (Å²) in [7, 11) is 3.96. The van der Waals surface area contributed by atoms with Gasteiger partial charge in [-0.3, -0.25) is 9.89 Å². The van der Waals surface area contributed by atoms with E-state index in [1.807, 2.05) is 13.0 Å². The number of halogens is 1. The molecule has 0 amide bonds. The molecule has 1 saturated heterocycles. The van der Waals surface area contributed by atoms with Crippen LogP contribution in [0.1, 0.15) is 22.3 Å². The number of piperazine rings is 1. The number of nitrogens with one attached hydrogen (secondary N) is 2. The Labute approximate surface area is 180 Å². The maximum Gasteiger partial charge on any atom is 0.191 e. The average molecular weight is 412 g/mol. The van der Waals surface area contributed by atoms with Crippen LogP contribution in [-0.4, -0.2) is 62.6 Å². The molecule has 0 aromatic heterocycles. The van der Waals surface area contributed by atoms with Crippen molar-refractivity contribution in [3.05, 3.63) is 70.5 Å². The van der Waals surface area contributed by atoms with Gasteiger partial charge in [0.1, 0.15) is 5.82 Å². The first kappa shape index (κ1) is 22.2. The average Bonchev–Trinajstić information content (AvgIpc) is 2.74. The number of rotatable bonds is 7. The number of guanidine groups is 1. The number of aliphatic imine (C=N–C) groups is 1. The van der Waals surface area contributed by atoms with Crippen LogP contribution in [-0.2, 0) is 19.5 Å². The maximum absolute atomic E-state index is 13.2. The first-order valence-electron chi connectivity index (χ1n) is 10.7. The second-order valence-corrected chi connectivity index (χ2v) is 8.07. The van der Waals surface area contributed by atoms with Gasteiger partial charge in [-0.1, -0.05) is 30.3 Å². The van der Waals surface area contributed by atoms with Gasteiger partial charge in [-0.05, 0) is 54.8 Å². The van der Waals surface area contributed by atoms with Gasteiger partial charge in [-0.15, -0.1) is 0 Å². The molecule has 0 unspecified atom stereocenters. The van der Waals surface area contributed by atoms with Crippen molar-refractivity contribution in [2.75, 3.05) is 46.8 Å². The van der Waals surface area contributed by atoms with Gasteiger partial charge in [-0.25, -0.2) is 4.39 Å². The Morgan fingerprint density at radius 2 is 1.70 bits per heavy atom. The van der Waals surface area contributed by atoms with E-state index in [1.165, 1.54) is 17.2 Å². The SMILES string of the molecule is CN=C(NCCc1ccc(F)cc1C)NCc1ccc(CN2CCN(C)CC2)cc1. The normalized spacial score (nSPS) is 15.9. The van der Waals surface area contributed by atoms with Crippen molar-refractivity contribution in [1.29, 1.82) is 0 Å². The third-order valence-corrected chi connectivity index (χ3v) is 5.70. The van der Waals surface area contributed by atoms with Crippen LogP contribution >= 0.6 is 0 Å². The molecule has 162 valence electrons. The highest BCUT2D eigenvalue weighted by atomic mass is 19.1. The number of hydrogen-bond acceptors (Lipinski definition) is 3. The van der Waals surface area contributed by atoms with Crippen molar-refractivity contribution in [2.45, 2.75) is 26.4 Å². The van der Waals surface area contributed by atoms with E-state index >= 15 is 0 Å². The summed E-state index contributed by atoms with van der Waals surface area (Å²) >= 11 is 0. The summed E-state index contributed by atoms with van der Waals surface area (Å²) in [6, 6.07) is 13.8. The summed E-state index contributed by atoms with van der Waals surface area (Å²) in [5, 5.41) is 6.70. The largest absolute Gasteiger partial charge is 0.356 e. The molecule has 2 aromatic rings. The zero-order valence-corrected chi connectivity index (χ0v) is 18.4. The summed E-state index contributed by atoms with van der Waals surface area (Å²) in [4.78, 5) is 9.19. The molecule has 0 atom stereocenters. The molecule has 1 heterocycles. The van der Waals surface area contributed by atoms with E-state index in [-0.39, 0.29) is 5.82 Å². The Hall–Kier alpha value is -2.44. The molecule has 0 saturated carbocycles. The molecule has 2 N–H and O–H groups in total. The quantitative estimate of drug-likeness (QED) is 0.543. The lowest BCUT2D eigenvalue weighted by Crippen LogP contribution is -2.43. The van der Waals surface area contributed by atoms with Crippen LogP contribution in [0.3, 0.4) is 0 Å². The Balaban J connectivity index is 1.41. The number of likely N-dealkylation sites (N-methyl/N-ethyl adjacent to an activating group) is 1. The topological polar surface area (TPSA) is 42.9 Å². The molecular formula is C24H34FN5. The highest BCUT2D eigenvalue weighted by molar-refractivity contribution is 5.79. The fraction of sp³-hybridized carbons (Fsp3) is 0.458. The van der Waals surface area contributed by atoms with Gasteiger partial charge in [0.25, 0.3) is 0 Å². The zero-order valence-electron chi connectivity index (χ0n) is 18.4. The summed E-state index contributed by atoms with van der Waals surface area (Å²) < 4.78 is 13.2. The minimum atomic E-state index is -0.184. The predicted molar refractivity (Wildman–Crippen MR) is 122 cm³/mol. The molecule has 30 heavy (non-hydrogen) atoms. The molecule has 0 bridgehead atoms. The van der Waals surface area contributed by atoms with E-state index in [0.717, 1.165) is 69.3 Å². The molecule has 0 radical (unpaired) electrons. The van der Waals surface area contributed by atoms with Crippen molar-refractivity contribution in [2.24, 2.45) is 4.99 Å². The van der Waals surface area contributed by atoms with Crippen molar-refractivity contribution in [3.63, 3.8) is 0 Å². The Morgan fingerprint density at radius 1 is 1.00 bits per heavy atom. The van der Waals surface area contributed by atoms with Gasteiger partial charge in [0, 0.05) is 52.9 Å². The molecule has 2 aromatic carbocycles. The standard InChI is InChI=1S/C24H34FN5/c1-19-16-23(25)9-8-22(19)10-11-27-24(26-2)28-17-20-4-6-21(7-5-20)18-30-14-12-29(3)13-15-30/h4-9,16H,10-15,17-18H2,1-3H3,(H2,26,27,28). The fourth-order valence-corrected chi connectivity index (χ4v) is 3.69. The lowest BCUT2D eigenvalue weighted by Gasteiger charge is -2.32. The molecule has 3 rings (SSSR count). The van der Waals surface area contributed by atoms with Crippen LogP contribution in [0, 0.1) is 12.7 Å². The summed E-state index contributed by atoms with van der Waals surface area (Å²) in [6.07, 6.45) is 0.827. The molecule has 0 aliphatic carbocycles. The highest BCUT2D eigenvalue weighted by Crippen LogP contribution is 2.11. The molecule has 5 nitrogen and oxygen atoms in total. The Kier molecular flexibility index (Phi) is 8.22. The molecular weight excluding hydrogens is 377 g/mol. The Morgan fingerprint density at radius 3 is 2.37 bits per heavy atom. The number of benzene rings is 2. The smallest absolute Gasteiger partial charge is 0.191 e. The zero-order chi connectivity index (χ0) is 21.3. The van der Waals surface area contributed by atoms with Crippen LogP contribution in [0.2, 0.25) is 0 Å². The first-order valence-corrected chi connectivity index (χ1v) is 10.7. The molecule has 1 fully saturated rings. The maximum atomic E-state index is 13.2. The van der Waals surface area contributed by atoms with Crippen LogP contribution in [0.5, 0.6) is 0 Å². The highest BCUT2D eigenvalue weighted by Gasteiger charge is 2.13. The molecule has 1 aliphatic rings. The minimum absolute atomic E-state index is 0.184. The van der Waals surface area contributed by atoms with Crippen LogP contribution in [0.25, 0.3) is 0 Å². The summed E-state index contributed by atoms with van der Waals surface area (Å²) in [5.41, 5.74) is 4.72. The lowest BCUT2D eigenvalue weighted by atomic mass is 10.1. The van der Waals surface area contributed by atoms with E-state index in [0.29, 0.717) is 0 Å². The minimum Gasteiger partial charge on any atom is -0.356 e. The van der Waals surface area contributed by atoms with Gasteiger partial charge < -0.3 is 15.5 Å². The van der Waals surface area contributed by atoms with Crippen molar-refractivity contribution in [3.8, 4) is 0 Å². The van der Waals surface area contributed by atoms with Crippen molar-refractivity contribution < 1.29 is 4.39 Å². The predicted octanol–water partition coefficient (Wildman–Crippen LogP) is 2.79. The van der Waals surface area contributed by atoms with E-state index < -0.39 is 0 Å². The fourth-order valence-electron chi connectivity index (χ4n) is 3.69. The monoisotopic (exact) mass is 411 g/mol. The van der Waals surface area contributed by atoms with Gasteiger partial charge in [-0.2, -0.15) is 0 Å². The van der Waals surface area contributed by atoms with E-state index in [4.69, 9.17) is 0 Å². The Bertz CT molecular complexity index is 826. The van der Waals surface area contributed by atoms with Crippen molar-refractivity contribution in [1.82, 2.24) is 20.4 Å². The second-order valence-electron chi connectivity index (χ2n) is 8.07. The number of nitrogens with zero attached hydrogens (tertiary/aromatic N) is 3. The van der Waals surface area contributed by atoms with Crippen LogP contribution in [0.4, 0.5) is 4.39 Å². The van der Waals surface area contributed by atoms with Crippen molar-refractivity contribution >= 4 is 5.96 Å². The van der Waals surface area contributed by atoms with E-state index in [9.17, 15) is 4.39 Å². The number of aryl methyl sites for hydroxylation is 1. The third-order valence-electron chi connectivity index (χ3n) is 5.70. The van der Waals surface area contributed by atoms with E-state index in [1.54, 1.807) is 13.1 Å². The van der Waals surface area contributed by atoms with Crippen LogP contribution < -0.4 is 10.6 Å². The summed E-state index contributed by atoms with van der Waals surface area (Å²) in [6.45, 7) is 9.01.